The summed E-state index contributed by atoms with van der Waals surface area (Å²) in [6.07, 6.45) is 4.79. The molecule has 1 aliphatic carbocycles. The largest absolute Gasteiger partial charge is 0.379 e. The van der Waals surface area contributed by atoms with Gasteiger partial charge in [0, 0.05) is 38.8 Å². The lowest BCUT2D eigenvalue weighted by Crippen LogP contribution is -2.41. The molecule has 2 aliphatic rings. The zero-order chi connectivity index (χ0) is 16.7. The molecule has 1 saturated carbocycles. The van der Waals surface area contributed by atoms with Crippen LogP contribution in [0.15, 0.2) is 35.3 Å². The van der Waals surface area contributed by atoms with Gasteiger partial charge in [-0.1, -0.05) is 30.3 Å². The van der Waals surface area contributed by atoms with Crippen LogP contribution in [-0.2, 0) is 14.9 Å². The van der Waals surface area contributed by atoms with E-state index in [2.05, 4.69) is 46.0 Å². The van der Waals surface area contributed by atoms with Crippen molar-refractivity contribution < 1.29 is 9.47 Å². The standard InChI is InChI=1S/C19H29N3O2.HI/c1-20-18(21-11-5-12-24-17-8-13-23-14-17)22-15-19(9-10-19)16-6-3-2-4-7-16;/h2-4,6-7,17H,5,8-15H2,1H3,(H2,20,21,22);1H. The molecule has 6 heteroatoms. The number of guanidine groups is 1. The number of hydrogen-bond donors (Lipinski definition) is 2. The Labute approximate surface area is 168 Å². The van der Waals surface area contributed by atoms with Gasteiger partial charge in [-0.15, -0.1) is 24.0 Å². The molecule has 0 aromatic heterocycles. The number of ether oxygens (including phenoxy) is 2. The summed E-state index contributed by atoms with van der Waals surface area (Å²) >= 11 is 0. The fourth-order valence-corrected chi connectivity index (χ4v) is 3.16. The van der Waals surface area contributed by atoms with E-state index in [9.17, 15) is 0 Å². The number of hydrogen-bond acceptors (Lipinski definition) is 3. The summed E-state index contributed by atoms with van der Waals surface area (Å²) in [5.41, 5.74) is 1.73. The third kappa shape index (κ3) is 6.11. The first-order valence-electron chi connectivity index (χ1n) is 9.02. The molecule has 1 aromatic rings. The molecule has 1 heterocycles. The Morgan fingerprint density at radius 1 is 1.28 bits per heavy atom. The second-order valence-electron chi connectivity index (χ2n) is 6.71. The highest BCUT2D eigenvalue weighted by molar-refractivity contribution is 14.0. The lowest BCUT2D eigenvalue weighted by molar-refractivity contribution is 0.0420. The third-order valence-corrected chi connectivity index (χ3v) is 4.91. The molecular weight excluding hydrogens is 429 g/mol. The molecule has 2 fully saturated rings. The predicted molar refractivity (Wildman–Crippen MR) is 112 cm³/mol. The van der Waals surface area contributed by atoms with Crippen molar-refractivity contribution in [1.29, 1.82) is 0 Å². The molecule has 3 rings (SSSR count). The van der Waals surface area contributed by atoms with Gasteiger partial charge in [0.25, 0.3) is 0 Å². The maximum Gasteiger partial charge on any atom is 0.191 e. The number of nitrogens with zero attached hydrogens (tertiary/aromatic N) is 1. The van der Waals surface area contributed by atoms with Gasteiger partial charge in [-0.2, -0.15) is 0 Å². The van der Waals surface area contributed by atoms with E-state index in [1.165, 1.54) is 18.4 Å². The van der Waals surface area contributed by atoms with Gasteiger partial charge in [0.15, 0.2) is 5.96 Å². The highest BCUT2D eigenvalue weighted by atomic mass is 127. The number of rotatable bonds is 8. The first kappa shape index (κ1) is 20.5. The van der Waals surface area contributed by atoms with Crippen LogP contribution >= 0.6 is 24.0 Å². The van der Waals surface area contributed by atoms with Crippen LogP contribution in [0.3, 0.4) is 0 Å². The van der Waals surface area contributed by atoms with Crippen molar-refractivity contribution in [2.24, 2.45) is 4.99 Å². The summed E-state index contributed by atoms with van der Waals surface area (Å²) in [5.74, 6) is 0.876. The molecule has 0 bridgehead atoms. The zero-order valence-electron chi connectivity index (χ0n) is 15.0. The van der Waals surface area contributed by atoms with E-state index in [1.54, 1.807) is 0 Å². The fraction of sp³-hybridized carbons (Fsp3) is 0.632. The van der Waals surface area contributed by atoms with Gasteiger partial charge < -0.3 is 20.1 Å². The molecule has 0 amide bonds. The van der Waals surface area contributed by atoms with Crippen LogP contribution in [0.1, 0.15) is 31.2 Å². The molecule has 0 spiro atoms. The minimum atomic E-state index is 0. The number of nitrogens with one attached hydrogen (secondary N) is 2. The predicted octanol–water partition coefficient (Wildman–Crippen LogP) is 2.70. The Hall–Kier alpha value is -0.860. The lowest BCUT2D eigenvalue weighted by Gasteiger charge is -2.19. The Morgan fingerprint density at radius 3 is 2.72 bits per heavy atom. The monoisotopic (exact) mass is 459 g/mol. The van der Waals surface area contributed by atoms with Gasteiger partial charge in [0.05, 0.1) is 12.7 Å². The molecule has 1 unspecified atom stereocenters. The summed E-state index contributed by atoms with van der Waals surface area (Å²) in [7, 11) is 1.82. The first-order chi connectivity index (χ1) is 11.8. The summed E-state index contributed by atoms with van der Waals surface area (Å²) in [6.45, 7) is 4.16. The summed E-state index contributed by atoms with van der Waals surface area (Å²) < 4.78 is 11.1. The molecule has 140 valence electrons. The fourth-order valence-electron chi connectivity index (χ4n) is 3.16. The van der Waals surface area contributed by atoms with Crippen molar-refractivity contribution in [3.8, 4) is 0 Å². The first-order valence-corrected chi connectivity index (χ1v) is 9.02. The van der Waals surface area contributed by atoms with E-state index in [4.69, 9.17) is 9.47 Å². The average Bonchev–Trinajstić information content (AvgIpc) is 3.24. The third-order valence-electron chi connectivity index (χ3n) is 4.91. The normalized spacial score (nSPS) is 21.5. The molecule has 1 saturated heterocycles. The van der Waals surface area contributed by atoms with Gasteiger partial charge in [-0.25, -0.2) is 0 Å². The van der Waals surface area contributed by atoms with Gasteiger partial charge in [-0.05, 0) is 31.2 Å². The van der Waals surface area contributed by atoms with E-state index in [-0.39, 0.29) is 24.0 Å². The SMILES string of the molecule is CN=C(NCCCOC1CCOC1)NCC1(c2ccccc2)CC1.I. The van der Waals surface area contributed by atoms with Crippen molar-refractivity contribution in [3.05, 3.63) is 35.9 Å². The maximum atomic E-state index is 5.78. The van der Waals surface area contributed by atoms with Gasteiger partial charge in [0.2, 0.25) is 0 Å². The average molecular weight is 459 g/mol. The highest BCUT2D eigenvalue weighted by Gasteiger charge is 2.43. The minimum Gasteiger partial charge on any atom is -0.379 e. The molecule has 1 atom stereocenters. The topological polar surface area (TPSA) is 54.9 Å². The molecule has 2 N–H and O–H groups in total. The molecule has 25 heavy (non-hydrogen) atoms. The number of aliphatic imine (C=N–C) groups is 1. The number of benzene rings is 1. The van der Waals surface area contributed by atoms with Crippen molar-refractivity contribution in [2.45, 2.75) is 37.2 Å². The summed E-state index contributed by atoms with van der Waals surface area (Å²) in [6, 6.07) is 10.8. The van der Waals surface area contributed by atoms with Crippen molar-refractivity contribution in [3.63, 3.8) is 0 Å². The Morgan fingerprint density at radius 2 is 2.08 bits per heavy atom. The van der Waals surface area contributed by atoms with Crippen LogP contribution in [0.25, 0.3) is 0 Å². The molecular formula is C19H30IN3O2. The van der Waals surface area contributed by atoms with Crippen LogP contribution < -0.4 is 10.6 Å². The summed E-state index contributed by atoms with van der Waals surface area (Å²) in [5, 5.41) is 6.86. The minimum absolute atomic E-state index is 0. The van der Waals surface area contributed by atoms with Crippen LogP contribution in [-0.4, -0.2) is 52.0 Å². The Bertz CT molecular complexity index is 529. The van der Waals surface area contributed by atoms with Crippen LogP contribution in [0, 0.1) is 0 Å². The van der Waals surface area contributed by atoms with E-state index in [1.807, 2.05) is 7.05 Å². The summed E-state index contributed by atoms with van der Waals surface area (Å²) in [4.78, 5) is 4.32. The van der Waals surface area contributed by atoms with Gasteiger partial charge in [-0.3, -0.25) is 4.99 Å². The smallest absolute Gasteiger partial charge is 0.191 e. The van der Waals surface area contributed by atoms with E-state index in [0.717, 1.165) is 51.7 Å². The van der Waals surface area contributed by atoms with Crippen LogP contribution in [0.5, 0.6) is 0 Å². The van der Waals surface area contributed by atoms with Crippen molar-refractivity contribution >= 4 is 29.9 Å². The van der Waals surface area contributed by atoms with Gasteiger partial charge >= 0.3 is 0 Å². The number of halogens is 1. The quantitative estimate of drug-likeness (QED) is 0.272. The lowest BCUT2D eigenvalue weighted by atomic mass is 9.96. The van der Waals surface area contributed by atoms with Crippen LogP contribution in [0.2, 0.25) is 0 Å². The molecule has 0 radical (unpaired) electrons. The second-order valence-corrected chi connectivity index (χ2v) is 6.71. The van der Waals surface area contributed by atoms with E-state index >= 15 is 0 Å². The molecule has 1 aliphatic heterocycles. The van der Waals surface area contributed by atoms with E-state index < -0.39 is 0 Å². The molecule has 1 aromatic carbocycles. The zero-order valence-corrected chi connectivity index (χ0v) is 17.3. The van der Waals surface area contributed by atoms with Gasteiger partial charge in [0.1, 0.15) is 0 Å². The molecule has 5 nitrogen and oxygen atoms in total. The van der Waals surface area contributed by atoms with Crippen LogP contribution in [0.4, 0.5) is 0 Å². The second kappa shape index (κ2) is 10.3. The highest BCUT2D eigenvalue weighted by Crippen LogP contribution is 2.47. The Balaban J connectivity index is 0.00000225. The van der Waals surface area contributed by atoms with Crippen molar-refractivity contribution in [2.75, 3.05) is 40.0 Å². The Kier molecular flexibility index (Phi) is 8.45. The van der Waals surface area contributed by atoms with E-state index in [0.29, 0.717) is 11.5 Å². The van der Waals surface area contributed by atoms with Crippen molar-refractivity contribution in [1.82, 2.24) is 10.6 Å². The maximum absolute atomic E-state index is 5.78.